The molecule has 14 N–H and O–H groups in total. The summed E-state index contributed by atoms with van der Waals surface area (Å²) in [5.74, 6) is -7.31. The van der Waals surface area contributed by atoms with Gasteiger partial charge in [0, 0.05) is 87.4 Å². The molecule has 0 aromatic heterocycles. The first kappa shape index (κ1) is 61.4. The van der Waals surface area contributed by atoms with Gasteiger partial charge in [0.2, 0.25) is 0 Å². The molecule has 0 radical (unpaired) electrons. The van der Waals surface area contributed by atoms with Crippen LogP contribution >= 0.6 is 0 Å². The van der Waals surface area contributed by atoms with E-state index in [2.05, 4.69) is 0 Å². The second-order valence-corrected chi connectivity index (χ2v) is 27.4. The van der Waals surface area contributed by atoms with E-state index in [0.717, 1.165) is 5.56 Å². The molecular formula is C84H62O18. The van der Waals surface area contributed by atoms with Crippen LogP contribution in [0, 0.1) is 0 Å². The van der Waals surface area contributed by atoms with Crippen LogP contribution in [-0.4, -0.2) is 71.5 Å². The van der Waals surface area contributed by atoms with Crippen LogP contribution in [0.25, 0.3) is 0 Å². The third-order valence-electron chi connectivity index (χ3n) is 21.5. The topological polar surface area (TPSA) is 320 Å². The zero-order valence-corrected chi connectivity index (χ0v) is 53.6. The lowest BCUT2D eigenvalue weighted by Crippen LogP contribution is -2.28. The lowest BCUT2D eigenvalue weighted by molar-refractivity contribution is 0.214. The number of benzene rings is 12. The molecule has 2 aliphatic carbocycles. The van der Waals surface area contributed by atoms with Crippen molar-refractivity contribution in [2.24, 2.45) is 0 Å². The minimum absolute atomic E-state index is 0.00114. The standard InChI is InChI=1S/C84H62O18/c85-47-12-1-37(2-13-47)68-72-60(96)35-64-74(70(44-25-54(92)33-55(93)26-44)82(100-64)41-9-20-51(89)21-10-41)78(72)77-69(38-3-14-48(86)15-4-38)76(68)79-73(77)61(97)36-65-75(79)71(45-27-56(94)34-57(95)28-45)83(101-65)42-11-22-63-58(29-42)66(80(99-63)39-5-16-49(87)17-6-39)46-30-59-67(43-23-52(90)32-53(91)24-43)81(102-84(59)62(98)31-46)40-7-18-50(88)19-8-40/h1-36,66-71,76-77,80-83,85-98H. The Labute approximate surface area is 581 Å². The summed E-state index contributed by atoms with van der Waals surface area (Å²) < 4.78 is 28.1. The highest BCUT2D eigenvalue weighted by Crippen LogP contribution is 2.74. The summed E-state index contributed by atoms with van der Waals surface area (Å²) in [4.78, 5) is 0. The molecule has 12 unspecified atom stereocenters. The smallest absolute Gasteiger partial charge is 0.165 e. The van der Waals surface area contributed by atoms with Crippen LogP contribution < -0.4 is 18.9 Å². The van der Waals surface area contributed by atoms with Crippen molar-refractivity contribution < 1.29 is 90.4 Å². The van der Waals surface area contributed by atoms with Crippen molar-refractivity contribution in [3.05, 3.63) is 319 Å². The molecule has 0 spiro atoms. The minimum atomic E-state index is -1.04. The van der Waals surface area contributed by atoms with E-state index in [1.54, 1.807) is 115 Å². The van der Waals surface area contributed by atoms with E-state index in [0.29, 0.717) is 100 Å². The van der Waals surface area contributed by atoms with Gasteiger partial charge in [-0.15, -0.1) is 0 Å². The largest absolute Gasteiger partial charge is 0.508 e. The minimum Gasteiger partial charge on any atom is -0.508 e. The van der Waals surface area contributed by atoms with Gasteiger partial charge >= 0.3 is 0 Å². The molecule has 6 aliphatic rings. The number of hydrogen-bond donors (Lipinski definition) is 14. The van der Waals surface area contributed by atoms with E-state index in [4.69, 9.17) is 18.9 Å². The summed E-state index contributed by atoms with van der Waals surface area (Å²) in [6.07, 6.45) is -3.57. The SMILES string of the molecule is Oc1ccc(C2Oc3ccc(C4Oc5cc(O)c6c(c5C4c4cc(O)cc(O)c4)C4C(c5ccc(O)cc5)c5c(O)cc7c(c5C6C4c4ccc(O)cc4)C(c4cc(O)cc(O)c4)C(c4ccc(O)cc4)O7)cc3C2c2cc(O)c3c(c2)C(c2cc(O)cc(O)c2)C(c2ccc(O)cc2)O3)cc1. The molecule has 4 heterocycles. The van der Waals surface area contributed by atoms with E-state index >= 15 is 0 Å². The van der Waals surface area contributed by atoms with Gasteiger partial charge in [-0.1, -0.05) is 72.8 Å². The third kappa shape index (κ3) is 9.68. The lowest BCUT2D eigenvalue weighted by Gasteiger charge is -2.41. The molecule has 12 aromatic rings. The fourth-order valence-corrected chi connectivity index (χ4v) is 17.7. The van der Waals surface area contributed by atoms with Crippen LogP contribution in [-0.2, 0) is 0 Å². The van der Waals surface area contributed by atoms with Gasteiger partial charge in [0.15, 0.2) is 11.5 Å². The number of phenolic OH excluding ortho intramolecular Hbond substituents is 14. The molecule has 0 fully saturated rings. The van der Waals surface area contributed by atoms with Gasteiger partial charge in [0.25, 0.3) is 0 Å². The number of fused-ring (bicyclic) bond motifs is 13. The van der Waals surface area contributed by atoms with Crippen molar-refractivity contribution >= 4 is 0 Å². The summed E-state index contributed by atoms with van der Waals surface area (Å²) in [7, 11) is 0. The Morgan fingerprint density at radius 2 is 0.529 bits per heavy atom. The van der Waals surface area contributed by atoms with Gasteiger partial charge in [-0.25, -0.2) is 0 Å². The van der Waals surface area contributed by atoms with Crippen molar-refractivity contribution in [1.82, 2.24) is 0 Å². The van der Waals surface area contributed by atoms with Crippen LogP contribution in [0.1, 0.15) is 172 Å². The molecule has 18 nitrogen and oxygen atoms in total. The van der Waals surface area contributed by atoms with Crippen molar-refractivity contribution in [3.8, 4) is 103 Å². The van der Waals surface area contributed by atoms with E-state index in [1.165, 1.54) is 66.7 Å². The Morgan fingerprint density at radius 1 is 0.186 bits per heavy atom. The maximum absolute atomic E-state index is 13.4. The van der Waals surface area contributed by atoms with E-state index < -0.39 is 71.8 Å². The van der Waals surface area contributed by atoms with Crippen LogP contribution in [0.15, 0.2) is 218 Å². The molecule has 0 amide bonds. The van der Waals surface area contributed by atoms with Crippen molar-refractivity contribution in [3.63, 3.8) is 0 Å². The Kier molecular flexibility index (Phi) is 13.7. The van der Waals surface area contributed by atoms with E-state index in [9.17, 15) is 71.5 Å². The van der Waals surface area contributed by atoms with Gasteiger partial charge in [0.1, 0.15) is 116 Å². The summed E-state index contributed by atoms with van der Waals surface area (Å²) >= 11 is 0. The first-order valence-corrected chi connectivity index (χ1v) is 33.3. The Bertz CT molecular complexity index is 5370. The molecule has 18 heteroatoms. The van der Waals surface area contributed by atoms with E-state index in [-0.39, 0.29) is 97.7 Å². The predicted octanol–water partition coefficient (Wildman–Crippen LogP) is 15.8. The van der Waals surface area contributed by atoms with Gasteiger partial charge in [-0.3, -0.25) is 0 Å². The molecule has 4 aliphatic heterocycles. The molecular weight excluding hydrogens is 1300 g/mol. The summed E-state index contributed by atoms with van der Waals surface area (Å²) in [6.45, 7) is 0. The summed E-state index contributed by atoms with van der Waals surface area (Å²) in [5.41, 5.74) is 10.1. The highest BCUT2D eigenvalue weighted by Gasteiger charge is 2.60. The monoisotopic (exact) mass is 1360 g/mol. The van der Waals surface area contributed by atoms with Gasteiger partial charge in [-0.05, 0) is 182 Å². The Morgan fingerprint density at radius 3 is 1.00 bits per heavy atom. The molecule has 12 aromatic carbocycles. The molecule has 12 atom stereocenters. The van der Waals surface area contributed by atoms with Crippen molar-refractivity contribution in [1.29, 1.82) is 0 Å². The molecule has 102 heavy (non-hydrogen) atoms. The number of phenols is 14. The normalized spacial score (nSPS) is 22.8. The number of aromatic hydroxyl groups is 14. The first-order valence-electron chi connectivity index (χ1n) is 33.3. The average molecular weight is 1360 g/mol. The molecule has 0 saturated heterocycles. The maximum Gasteiger partial charge on any atom is 0.165 e. The first-order chi connectivity index (χ1) is 49.3. The van der Waals surface area contributed by atoms with E-state index in [1.807, 2.05) is 36.4 Å². The van der Waals surface area contributed by atoms with Gasteiger partial charge in [-0.2, -0.15) is 0 Å². The second-order valence-electron chi connectivity index (χ2n) is 27.4. The summed E-state index contributed by atoms with van der Waals surface area (Å²) in [6, 6.07) is 58.2. The Hall–Kier alpha value is -13.0. The van der Waals surface area contributed by atoms with Gasteiger partial charge < -0.3 is 90.4 Å². The number of hydrogen-bond acceptors (Lipinski definition) is 18. The van der Waals surface area contributed by atoms with Crippen LogP contribution in [0.4, 0.5) is 0 Å². The average Bonchev–Trinajstić information content (AvgIpc) is 1.50. The fourth-order valence-electron chi connectivity index (χ4n) is 17.7. The van der Waals surface area contributed by atoms with Crippen LogP contribution in [0.5, 0.6) is 103 Å². The Balaban J connectivity index is 0.855. The lowest BCUT2D eigenvalue weighted by atomic mass is 9.60. The third-order valence-corrected chi connectivity index (χ3v) is 21.5. The van der Waals surface area contributed by atoms with Crippen molar-refractivity contribution in [2.75, 3.05) is 0 Å². The molecule has 0 saturated carbocycles. The zero-order valence-electron chi connectivity index (χ0n) is 53.6. The zero-order chi connectivity index (χ0) is 70.0. The highest BCUT2D eigenvalue weighted by molar-refractivity contribution is 5.77. The second kappa shape index (κ2) is 22.8. The molecule has 506 valence electrons. The highest BCUT2D eigenvalue weighted by atomic mass is 16.5. The molecule has 18 rings (SSSR count). The summed E-state index contributed by atoms with van der Waals surface area (Å²) in [5, 5.41) is 161. The van der Waals surface area contributed by atoms with Gasteiger partial charge in [0.05, 0.1) is 23.7 Å². The predicted molar refractivity (Wildman–Crippen MR) is 371 cm³/mol. The number of rotatable bonds is 10. The van der Waals surface area contributed by atoms with Crippen LogP contribution in [0.2, 0.25) is 0 Å². The maximum atomic E-state index is 13.4. The number of ether oxygens (including phenoxy) is 4. The van der Waals surface area contributed by atoms with Crippen LogP contribution in [0.3, 0.4) is 0 Å². The molecule has 2 bridgehead atoms. The quantitative estimate of drug-likeness (QED) is 0.0605. The van der Waals surface area contributed by atoms with Crippen molar-refractivity contribution in [2.45, 2.75) is 71.8 Å². The fraction of sp³-hybridized carbons (Fsp3) is 0.143.